The number of aromatic carboxylic acids is 1. The maximum absolute atomic E-state index is 11.3. The summed E-state index contributed by atoms with van der Waals surface area (Å²) in [6, 6.07) is 0. The van der Waals surface area contributed by atoms with Crippen LogP contribution >= 0.6 is 0 Å². The van der Waals surface area contributed by atoms with Gasteiger partial charge in [0.1, 0.15) is 5.56 Å². The van der Waals surface area contributed by atoms with Crippen molar-refractivity contribution in [2.24, 2.45) is 0 Å². The molecule has 0 aliphatic rings. The molecule has 0 saturated carbocycles. The summed E-state index contributed by atoms with van der Waals surface area (Å²) in [5.74, 6) is -0.661. The summed E-state index contributed by atoms with van der Waals surface area (Å²) >= 11 is 0. The van der Waals surface area contributed by atoms with E-state index < -0.39 is 5.97 Å². The maximum Gasteiger partial charge on any atom is 0.341 e. The molecule has 0 aliphatic carbocycles. The number of ether oxygens (including phenoxy) is 1. The number of hydrogen-bond acceptors (Lipinski definition) is 5. The predicted molar refractivity (Wildman–Crippen MR) is 71.1 cm³/mol. The second-order valence-electron chi connectivity index (χ2n) is 4.44. The van der Waals surface area contributed by atoms with Gasteiger partial charge in [0.25, 0.3) is 5.88 Å². The van der Waals surface area contributed by atoms with Gasteiger partial charge in [-0.1, -0.05) is 6.92 Å². The lowest BCUT2D eigenvalue weighted by atomic mass is 10.1. The fourth-order valence-corrected chi connectivity index (χ4v) is 1.77. The Morgan fingerprint density at radius 3 is 2.80 bits per heavy atom. The summed E-state index contributed by atoms with van der Waals surface area (Å²) < 4.78 is 7.22. The minimum absolute atomic E-state index is 0.0170. The Morgan fingerprint density at radius 1 is 1.40 bits per heavy atom. The topological polar surface area (TPSA) is 90.1 Å². The predicted octanol–water partition coefficient (Wildman–Crippen LogP) is 2.19. The highest BCUT2D eigenvalue weighted by atomic mass is 16.5. The second kappa shape index (κ2) is 5.68. The van der Waals surface area contributed by atoms with Crippen molar-refractivity contribution >= 4 is 5.97 Å². The lowest BCUT2D eigenvalue weighted by molar-refractivity contribution is 0.0692. The van der Waals surface area contributed by atoms with E-state index in [4.69, 9.17) is 4.74 Å². The van der Waals surface area contributed by atoms with Gasteiger partial charge in [0.15, 0.2) is 5.75 Å². The molecule has 1 N–H and O–H groups in total. The summed E-state index contributed by atoms with van der Waals surface area (Å²) in [6.07, 6.45) is 4.18. The number of carboxylic acid groups (broad SMARTS) is 1. The van der Waals surface area contributed by atoms with Crippen LogP contribution in [-0.2, 0) is 6.54 Å². The van der Waals surface area contributed by atoms with Gasteiger partial charge < -0.3 is 9.84 Å². The Balaban J connectivity index is 2.33. The minimum atomic E-state index is -1.09. The summed E-state index contributed by atoms with van der Waals surface area (Å²) in [5, 5.41) is 21.1. The third-order valence-corrected chi connectivity index (χ3v) is 2.91. The fourth-order valence-electron chi connectivity index (χ4n) is 1.77. The zero-order valence-corrected chi connectivity index (χ0v) is 11.6. The molecule has 20 heavy (non-hydrogen) atoms. The van der Waals surface area contributed by atoms with Crippen molar-refractivity contribution in [3.63, 3.8) is 0 Å². The van der Waals surface area contributed by atoms with E-state index in [0.717, 1.165) is 13.0 Å². The molecule has 2 rings (SSSR count). The van der Waals surface area contributed by atoms with E-state index in [-0.39, 0.29) is 11.4 Å². The molecule has 0 bridgehead atoms. The van der Waals surface area contributed by atoms with Crippen LogP contribution in [0.3, 0.4) is 0 Å². The molecule has 0 unspecified atom stereocenters. The van der Waals surface area contributed by atoms with Crippen molar-refractivity contribution < 1.29 is 14.6 Å². The Kier molecular flexibility index (Phi) is 3.97. The number of nitrogens with zero attached hydrogens (tertiary/aromatic N) is 4. The van der Waals surface area contributed by atoms with Gasteiger partial charge in [0, 0.05) is 6.54 Å². The molecular weight excluding hydrogens is 260 g/mol. The van der Waals surface area contributed by atoms with E-state index in [1.54, 1.807) is 24.7 Å². The molecular formula is C13H16N4O3. The molecule has 7 heteroatoms. The summed E-state index contributed by atoms with van der Waals surface area (Å²) in [5.41, 5.74) is 1.14. The minimum Gasteiger partial charge on any atom is -0.477 e. The summed E-state index contributed by atoms with van der Waals surface area (Å²) in [7, 11) is 0. The molecule has 0 saturated heterocycles. The Bertz CT molecular complexity index is 637. The monoisotopic (exact) mass is 276 g/mol. The number of carbonyl (C=O) groups is 1. The molecule has 0 aliphatic heterocycles. The first-order valence-corrected chi connectivity index (χ1v) is 6.30. The SMILES string of the molecule is CCCn1cc(Oc2nnc(C)c(C)c2C(=O)O)cn1. The average Bonchev–Trinajstić information content (AvgIpc) is 2.81. The highest BCUT2D eigenvalue weighted by Gasteiger charge is 2.20. The first-order chi connectivity index (χ1) is 9.52. The molecule has 0 radical (unpaired) electrons. The van der Waals surface area contributed by atoms with Crippen LogP contribution in [0.2, 0.25) is 0 Å². The molecule has 7 nitrogen and oxygen atoms in total. The normalized spacial score (nSPS) is 10.6. The number of aromatic nitrogens is 4. The molecule has 106 valence electrons. The molecule has 0 fully saturated rings. The first kappa shape index (κ1) is 14.0. The van der Waals surface area contributed by atoms with E-state index in [1.165, 1.54) is 6.20 Å². The van der Waals surface area contributed by atoms with E-state index in [9.17, 15) is 9.90 Å². The van der Waals surface area contributed by atoms with Crippen LogP contribution in [-0.4, -0.2) is 31.1 Å². The van der Waals surface area contributed by atoms with Crippen LogP contribution in [0.15, 0.2) is 12.4 Å². The second-order valence-corrected chi connectivity index (χ2v) is 4.44. The Hall–Kier alpha value is -2.44. The molecule has 2 aromatic rings. The lowest BCUT2D eigenvalue weighted by Gasteiger charge is -2.08. The van der Waals surface area contributed by atoms with Gasteiger partial charge in [-0.25, -0.2) is 4.79 Å². The number of rotatable bonds is 5. The van der Waals surface area contributed by atoms with Gasteiger partial charge in [0.05, 0.1) is 18.1 Å². The van der Waals surface area contributed by atoms with E-state index >= 15 is 0 Å². The average molecular weight is 276 g/mol. The van der Waals surface area contributed by atoms with Gasteiger partial charge in [-0.15, -0.1) is 5.10 Å². The van der Waals surface area contributed by atoms with Crippen molar-refractivity contribution in [3.05, 3.63) is 29.2 Å². The smallest absolute Gasteiger partial charge is 0.341 e. The van der Waals surface area contributed by atoms with Crippen LogP contribution in [0.5, 0.6) is 11.6 Å². The van der Waals surface area contributed by atoms with Crippen molar-refractivity contribution in [2.45, 2.75) is 33.7 Å². The van der Waals surface area contributed by atoms with E-state index in [1.807, 2.05) is 6.92 Å². The van der Waals surface area contributed by atoms with Crippen molar-refractivity contribution in [1.29, 1.82) is 0 Å². The zero-order chi connectivity index (χ0) is 14.7. The highest BCUT2D eigenvalue weighted by molar-refractivity contribution is 5.92. The lowest BCUT2D eigenvalue weighted by Crippen LogP contribution is -2.08. The van der Waals surface area contributed by atoms with Crippen LogP contribution < -0.4 is 4.74 Å². The first-order valence-electron chi connectivity index (χ1n) is 6.30. The number of aryl methyl sites for hydroxylation is 2. The van der Waals surface area contributed by atoms with Gasteiger partial charge in [0.2, 0.25) is 0 Å². The standard InChI is InChI=1S/C13H16N4O3/c1-4-5-17-7-10(6-14-17)20-12-11(13(18)19)8(2)9(3)15-16-12/h6-7H,4-5H2,1-3H3,(H,18,19). The molecule has 0 spiro atoms. The van der Waals surface area contributed by atoms with Crippen molar-refractivity contribution in [2.75, 3.05) is 0 Å². The number of hydrogen-bond donors (Lipinski definition) is 1. The van der Waals surface area contributed by atoms with Gasteiger partial charge >= 0.3 is 5.97 Å². The van der Waals surface area contributed by atoms with Crippen LogP contribution in [0, 0.1) is 13.8 Å². The molecule has 0 atom stereocenters. The maximum atomic E-state index is 11.3. The highest BCUT2D eigenvalue weighted by Crippen LogP contribution is 2.25. The summed E-state index contributed by atoms with van der Waals surface area (Å²) in [4.78, 5) is 11.3. The summed E-state index contributed by atoms with van der Waals surface area (Å²) in [6.45, 7) is 6.20. The third kappa shape index (κ3) is 2.76. The zero-order valence-electron chi connectivity index (χ0n) is 11.6. The van der Waals surface area contributed by atoms with Gasteiger partial charge in [-0.3, -0.25) is 4.68 Å². The van der Waals surface area contributed by atoms with Crippen LogP contribution in [0.25, 0.3) is 0 Å². The van der Waals surface area contributed by atoms with E-state index in [2.05, 4.69) is 15.3 Å². The quantitative estimate of drug-likeness (QED) is 0.900. The van der Waals surface area contributed by atoms with Gasteiger partial charge in [-0.05, 0) is 25.8 Å². The molecule has 2 aromatic heterocycles. The van der Waals surface area contributed by atoms with Crippen LogP contribution in [0.1, 0.15) is 35.0 Å². The molecule has 0 aromatic carbocycles. The Morgan fingerprint density at radius 2 is 2.15 bits per heavy atom. The number of carboxylic acids is 1. The largest absolute Gasteiger partial charge is 0.477 e. The van der Waals surface area contributed by atoms with Crippen molar-refractivity contribution in [1.82, 2.24) is 20.0 Å². The third-order valence-electron chi connectivity index (χ3n) is 2.91. The van der Waals surface area contributed by atoms with E-state index in [0.29, 0.717) is 17.0 Å². The van der Waals surface area contributed by atoms with Gasteiger partial charge in [-0.2, -0.15) is 10.2 Å². The molecule has 2 heterocycles. The molecule has 0 amide bonds. The van der Waals surface area contributed by atoms with Crippen LogP contribution in [0.4, 0.5) is 0 Å². The fraction of sp³-hybridized carbons (Fsp3) is 0.385. The van der Waals surface area contributed by atoms with Crippen molar-refractivity contribution in [3.8, 4) is 11.6 Å². The Labute approximate surface area is 116 Å².